The number of ether oxygens (including phenoxy) is 2. The molecule has 40 heavy (non-hydrogen) atoms. The average molecular weight is 558 g/mol. The summed E-state index contributed by atoms with van der Waals surface area (Å²) in [4.78, 5) is 22.6. The van der Waals surface area contributed by atoms with E-state index in [-0.39, 0.29) is 17.4 Å². The maximum absolute atomic E-state index is 13.1. The molecule has 5 N–H and O–H groups in total. The molecule has 0 spiro atoms. The number of thiazole rings is 1. The zero-order valence-electron chi connectivity index (χ0n) is 22.1. The molecule has 2 aromatic carbocycles. The summed E-state index contributed by atoms with van der Waals surface area (Å²) in [6.07, 6.45) is 3.00. The minimum atomic E-state index is -1.14. The minimum absolute atomic E-state index is 0.00639. The zero-order chi connectivity index (χ0) is 27.7. The van der Waals surface area contributed by atoms with Crippen LogP contribution in [-0.4, -0.2) is 53.9 Å². The fourth-order valence-corrected chi connectivity index (χ4v) is 6.31. The molecule has 2 atom stereocenters. The summed E-state index contributed by atoms with van der Waals surface area (Å²) in [5, 5.41) is 28.0. The van der Waals surface area contributed by atoms with Crippen molar-refractivity contribution in [3.8, 4) is 0 Å². The van der Waals surface area contributed by atoms with Crippen molar-refractivity contribution in [2.45, 2.75) is 50.2 Å². The van der Waals surface area contributed by atoms with E-state index in [0.29, 0.717) is 30.3 Å². The number of benzodiazepines with no additional fused rings is 1. The zero-order valence-corrected chi connectivity index (χ0v) is 22.9. The number of amides is 1. The van der Waals surface area contributed by atoms with E-state index < -0.39 is 18.1 Å². The van der Waals surface area contributed by atoms with Gasteiger partial charge in [0.25, 0.3) is 11.9 Å². The number of nitrogens with one attached hydrogen (secondary N) is 5. The minimum Gasteiger partial charge on any atom is -0.405 e. The molecule has 2 aliphatic heterocycles. The number of aliphatic imine (C=N–C) groups is 1. The van der Waals surface area contributed by atoms with Crippen LogP contribution in [0.4, 0.5) is 10.7 Å². The Morgan fingerprint density at radius 3 is 2.65 bits per heavy atom. The van der Waals surface area contributed by atoms with Gasteiger partial charge in [-0.25, -0.2) is 9.98 Å². The maximum atomic E-state index is 13.1. The van der Waals surface area contributed by atoms with Crippen molar-refractivity contribution in [1.82, 2.24) is 10.3 Å². The van der Waals surface area contributed by atoms with Gasteiger partial charge in [-0.1, -0.05) is 61.9 Å². The molecular formula is C29H31N7O3S. The van der Waals surface area contributed by atoms with Crippen LogP contribution in [0.25, 0.3) is 0 Å². The van der Waals surface area contributed by atoms with Gasteiger partial charge in [-0.3, -0.25) is 15.6 Å². The van der Waals surface area contributed by atoms with E-state index in [1.54, 1.807) is 0 Å². The highest BCUT2D eigenvalue weighted by atomic mass is 32.1. The smallest absolute Gasteiger partial charge is 0.290 e. The van der Waals surface area contributed by atoms with Crippen LogP contribution >= 0.6 is 11.3 Å². The predicted octanol–water partition coefficient (Wildman–Crippen LogP) is 4.47. The van der Waals surface area contributed by atoms with Crippen molar-refractivity contribution in [3.05, 3.63) is 76.4 Å². The first-order chi connectivity index (χ1) is 19.4. The van der Waals surface area contributed by atoms with Crippen LogP contribution in [-0.2, 0) is 19.7 Å². The summed E-state index contributed by atoms with van der Waals surface area (Å²) < 4.78 is 11.1. The van der Waals surface area contributed by atoms with E-state index in [9.17, 15) is 4.79 Å². The van der Waals surface area contributed by atoms with E-state index in [4.69, 9.17) is 30.3 Å². The number of anilines is 2. The number of rotatable bonds is 6. The highest BCUT2D eigenvalue weighted by Gasteiger charge is 2.38. The Labute approximate surface area is 236 Å². The van der Waals surface area contributed by atoms with E-state index in [1.807, 2.05) is 54.6 Å². The molecule has 1 aromatic heterocycles. The third kappa shape index (κ3) is 5.22. The van der Waals surface area contributed by atoms with Gasteiger partial charge in [-0.2, -0.15) is 0 Å². The Bertz CT molecular complexity index is 1480. The van der Waals surface area contributed by atoms with Crippen LogP contribution in [0.1, 0.15) is 54.4 Å². The lowest BCUT2D eigenvalue weighted by molar-refractivity contribution is -0.117. The lowest BCUT2D eigenvalue weighted by atomic mass is 9.71. The average Bonchev–Trinajstić information content (AvgIpc) is 3.58. The van der Waals surface area contributed by atoms with Crippen molar-refractivity contribution in [1.29, 1.82) is 10.8 Å². The molecule has 0 bridgehead atoms. The second kappa shape index (κ2) is 10.8. The van der Waals surface area contributed by atoms with Gasteiger partial charge in [0.2, 0.25) is 12.1 Å². The third-order valence-electron chi connectivity index (χ3n) is 7.55. The van der Waals surface area contributed by atoms with Crippen LogP contribution in [0.5, 0.6) is 0 Å². The number of fused-ring (bicyclic) bond motifs is 1. The molecule has 206 valence electrons. The fraction of sp³-hybridized carbons (Fsp3) is 0.345. The molecule has 10 nitrogen and oxygen atoms in total. The fourth-order valence-electron chi connectivity index (χ4n) is 5.07. The third-order valence-corrected chi connectivity index (χ3v) is 8.84. The van der Waals surface area contributed by atoms with Crippen molar-refractivity contribution >= 4 is 45.6 Å². The Kier molecular flexibility index (Phi) is 7.07. The van der Waals surface area contributed by atoms with Crippen LogP contribution in [0.3, 0.4) is 0 Å². The van der Waals surface area contributed by atoms with Crippen molar-refractivity contribution in [3.63, 3.8) is 0 Å². The van der Waals surface area contributed by atoms with Crippen molar-refractivity contribution in [2.75, 3.05) is 23.8 Å². The second-order valence-electron chi connectivity index (χ2n) is 10.5. The van der Waals surface area contributed by atoms with Crippen LogP contribution in [0, 0.1) is 10.8 Å². The number of carbonyl (C=O) groups is 1. The Balaban J connectivity index is 1.23. The maximum Gasteiger partial charge on any atom is 0.290 e. The largest absolute Gasteiger partial charge is 0.405 e. The molecule has 1 saturated heterocycles. The van der Waals surface area contributed by atoms with E-state index in [1.165, 1.54) is 11.3 Å². The van der Waals surface area contributed by atoms with E-state index in [0.717, 1.165) is 46.8 Å². The monoisotopic (exact) mass is 557 g/mol. The van der Waals surface area contributed by atoms with Gasteiger partial charge in [0, 0.05) is 23.1 Å². The van der Waals surface area contributed by atoms with Crippen LogP contribution < -0.4 is 16.0 Å². The number of para-hydroxylation sites is 1. The lowest BCUT2D eigenvalue weighted by Crippen LogP contribution is -2.43. The van der Waals surface area contributed by atoms with Gasteiger partial charge in [0.05, 0.1) is 24.0 Å². The molecule has 3 heterocycles. The summed E-state index contributed by atoms with van der Waals surface area (Å²) in [6.45, 7) is 3.48. The molecule has 3 aromatic rings. The molecule has 2 fully saturated rings. The Hall–Kier alpha value is -4.09. The Morgan fingerprint density at radius 1 is 1.15 bits per heavy atom. The number of amidine groups is 1. The summed E-state index contributed by atoms with van der Waals surface area (Å²) in [5.41, 5.74) is 3.21. The van der Waals surface area contributed by atoms with E-state index >= 15 is 0 Å². The standard InChI is InChI=1S/C29H31N7O3S/c1-29(13-7-14-29)27-35-22(26(40-27)32-18-12-15-38-16-18)23(30)39-28(31)36-24-25(37)33-20-11-6-5-10-19(20)21(34-24)17-8-3-2-4-9-17/h2-6,8-11,18,24,30,32H,7,12-16H2,1H3,(H2,31,36)(H,33,37)/t18-,24-/m1/s1. The van der Waals surface area contributed by atoms with Crippen molar-refractivity contribution < 1.29 is 14.3 Å². The molecule has 0 radical (unpaired) electrons. The van der Waals surface area contributed by atoms with Gasteiger partial charge in [-0.15, -0.1) is 11.3 Å². The first-order valence-electron chi connectivity index (χ1n) is 13.4. The molecule has 1 aliphatic carbocycles. The number of hydrogen-bond donors (Lipinski definition) is 5. The number of aromatic nitrogens is 1. The van der Waals surface area contributed by atoms with Gasteiger partial charge in [0.1, 0.15) is 10.0 Å². The first-order valence-corrected chi connectivity index (χ1v) is 14.2. The first kappa shape index (κ1) is 26.1. The van der Waals surface area contributed by atoms with Gasteiger partial charge in [-0.05, 0) is 25.3 Å². The molecule has 0 unspecified atom stereocenters. The highest BCUT2D eigenvalue weighted by Crippen LogP contribution is 2.46. The van der Waals surface area contributed by atoms with Gasteiger partial charge >= 0.3 is 0 Å². The molecular weight excluding hydrogens is 526 g/mol. The second-order valence-corrected chi connectivity index (χ2v) is 11.5. The summed E-state index contributed by atoms with van der Waals surface area (Å²) in [5.74, 6) is -0.704. The molecule has 1 saturated carbocycles. The van der Waals surface area contributed by atoms with Crippen molar-refractivity contribution in [2.24, 2.45) is 4.99 Å². The number of carbonyl (C=O) groups excluding carboxylic acids is 1. The molecule has 11 heteroatoms. The molecule has 1 amide bonds. The van der Waals surface area contributed by atoms with Crippen LogP contribution in [0.2, 0.25) is 0 Å². The quantitative estimate of drug-likeness (QED) is 0.223. The van der Waals surface area contributed by atoms with Gasteiger partial charge < -0.3 is 25.4 Å². The molecule has 3 aliphatic rings. The number of benzene rings is 2. The van der Waals surface area contributed by atoms with Gasteiger partial charge in [0.15, 0.2) is 5.69 Å². The summed E-state index contributed by atoms with van der Waals surface area (Å²) in [7, 11) is 0. The highest BCUT2D eigenvalue weighted by molar-refractivity contribution is 7.16. The number of hydrogen-bond acceptors (Lipinski definition) is 9. The molecule has 6 rings (SSSR count). The van der Waals surface area contributed by atoms with Crippen LogP contribution in [0.15, 0.2) is 59.6 Å². The summed E-state index contributed by atoms with van der Waals surface area (Å²) >= 11 is 1.54. The normalized spacial score (nSPS) is 21.2. The SMILES string of the molecule is CC1(c2nc(C(=N)OC(=N)N[C@H]3N=C(c4ccccc4)c4ccccc4NC3=O)c(N[C@@H]3CCOC3)s2)CCC1. The lowest BCUT2D eigenvalue weighted by Gasteiger charge is -2.36. The van der Waals surface area contributed by atoms with E-state index in [2.05, 4.69) is 22.9 Å². The summed E-state index contributed by atoms with van der Waals surface area (Å²) in [6, 6.07) is 16.7. The topological polar surface area (TPSA) is 145 Å². The predicted molar refractivity (Wildman–Crippen MR) is 156 cm³/mol. The number of nitrogens with zero attached hydrogens (tertiary/aromatic N) is 2. The Morgan fingerprint density at radius 2 is 1.93 bits per heavy atom.